The predicted molar refractivity (Wildman–Crippen MR) is 57.8 cm³/mol. The summed E-state index contributed by atoms with van der Waals surface area (Å²) < 4.78 is 3.14. The van der Waals surface area contributed by atoms with Gasteiger partial charge in [0, 0.05) is 12.1 Å². The molecule has 1 aromatic carbocycles. The van der Waals surface area contributed by atoms with Crippen molar-refractivity contribution in [1.82, 2.24) is 4.72 Å². The summed E-state index contributed by atoms with van der Waals surface area (Å²) in [7, 11) is 0. The van der Waals surface area contributed by atoms with E-state index in [4.69, 9.17) is 11.1 Å². The van der Waals surface area contributed by atoms with Crippen molar-refractivity contribution in [2.24, 2.45) is 5.73 Å². The Bertz CT molecular complexity index is 281. The molecule has 0 amide bonds. The van der Waals surface area contributed by atoms with Crippen LogP contribution < -0.4 is 10.5 Å². The fourth-order valence-corrected chi connectivity index (χ4v) is 1.27. The number of hydrogen-bond donors (Lipinski definition) is 3. The molecule has 0 radical (unpaired) electrons. The topological polar surface area (TPSA) is 61.9 Å². The monoisotopic (exact) mass is 195 g/mol. The molecule has 1 rings (SSSR count). The standard InChI is InChI=1S/C9H13N3S/c1-13-12-6-7-2-4-8(5-3-7)9(10)11/h2-5,12H,6H2,1H3,(H3,10,11). The third kappa shape index (κ3) is 3.08. The summed E-state index contributed by atoms with van der Waals surface area (Å²) in [5, 5.41) is 7.20. The number of amidine groups is 1. The number of rotatable bonds is 4. The fourth-order valence-electron chi connectivity index (χ4n) is 0.958. The van der Waals surface area contributed by atoms with Gasteiger partial charge in [0.15, 0.2) is 0 Å². The molecule has 3 nitrogen and oxygen atoms in total. The number of nitrogens with one attached hydrogen (secondary N) is 2. The summed E-state index contributed by atoms with van der Waals surface area (Å²) in [5.41, 5.74) is 7.29. The van der Waals surface area contributed by atoms with E-state index in [-0.39, 0.29) is 5.84 Å². The van der Waals surface area contributed by atoms with Gasteiger partial charge in [-0.15, -0.1) is 0 Å². The smallest absolute Gasteiger partial charge is 0.122 e. The van der Waals surface area contributed by atoms with Gasteiger partial charge in [-0.25, -0.2) is 0 Å². The van der Waals surface area contributed by atoms with Crippen molar-refractivity contribution in [2.45, 2.75) is 6.54 Å². The normalized spacial score (nSPS) is 9.92. The molecule has 0 aliphatic rings. The summed E-state index contributed by atoms with van der Waals surface area (Å²) in [5.74, 6) is 0.115. The van der Waals surface area contributed by atoms with Gasteiger partial charge in [0.1, 0.15) is 5.84 Å². The van der Waals surface area contributed by atoms with Gasteiger partial charge in [-0.1, -0.05) is 36.2 Å². The summed E-state index contributed by atoms with van der Waals surface area (Å²) in [6.45, 7) is 0.833. The summed E-state index contributed by atoms with van der Waals surface area (Å²) >= 11 is 1.59. The van der Waals surface area contributed by atoms with Crippen molar-refractivity contribution in [3.63, 3.8) is 0 Å². The second-order valence-electron chi connectivity index (χ2n) is 2.64. The van der Waals surface area contributed by atoms with Crippen LogP contribution in [0.5, 0.6) is 0 Å². The second kappa shape index (κ2) is 4.89. The maximum absolute atomic E-state index is 7.20. The van der Waals surface area contributed by atoms with Gasteiger partial charge in [0.25, 0.3) is 0 Å². The fraction of sp³-hybridized carbons (Fsp3) is 0.222. The van der Waals surface area contributed by atoms with E-state index < -0.39 is 0 Å². The lowest BCUT2D eigenvalue weighted by atomic mass is 10.1. The molecular weight excluding hydrogens is 182 g/mol. The molecule has 1 aromatic rings. The zero-order chi connectivity index (χ0) is 9.68. The third-order valence-corrected chi connectivity index (χ3v) is 2.12. The molecule has 0 unspecified atom stereocenters. The van der Waals surface area contributed by atoms with Crippen LogP contribution in [0.3, 0.4) is 0 Å². The molecule has 0 bridgehead atoms. The van der Waals surface area contributed by atoms with Crippen LogP contribution in [0.25, 0.3) is 0 Å². The molecule has 0 heterocycles. The Morgan fingerprint density at radius 2 is 2.08 bits per heavy atom. The zero-order valence-electron chi connectivity index (χ0n) is 7.50. The minimum atomic E-state index is 0.115. The van der Waals surface area contributed by atoms with E-state index in [1.165, 1.54) is 5.56 Å². The largest absolute Gasteiger partial charge is 0.384 e. The molecule has 0 fully saturated rings. The molecule has 70 valence electrons. The molecule has 4 N–H and O–H groups in total. The first-order valence-corrected chi connectivity index (χ1v) is 5.15. The molecule has 0 saturated heterocycles. The molecule has 0 aromatic heterocycles. The van der Waals surface area contributed by atoms with Crippen molar-refractivity contribution < 1.29 is 0 Å². The van der Waals surface area contributed by atoms with Gasteiger partial charge in [-0.05, 0) is 11.8 Å². The Hall–Kier alpha value is -1.00. The lowest BCUT2D eigenvalue weighted by Gasteiger charge is -2.02. The molecule has 0 saturated carbocycles. The summed E-state index contributed by atoms with van der Waals surface area (Å²) in [6, 6.07) is 7.67. The summed E-state index contributed by atoms with van der Waals surface area (Å²) in [4.78, 5) is 0. The van der Waals surface area contributed by atoms with E-state index in [1.807, 2.05) is 30.5 Å². The van der Waals surface area contributed by atoms with Gasteiger partial charge >= 0.3 is 0 Å². The molecule has 0 atom stereocenters. The van der Waals surface area contributed by atoms with Crippen LogP contribution in [-0.2, 0) is 6.54 Å². The van der Waals surface area contributed by atoms with Gasteiger partial charge in [-0.3, -0.25) is 10.1 Å². The molecule has 0 aliphatic heterocycles. The third-order valence-electron chi connectivity index (χ3n) is 1.69. The number of benzene rings is 1. The van der Waals surface area contributed by atoms with Gasteiger partial charge in [0.05, 0.1) is 0 Å². The second-order valence-corrected chi connectivity index (χ2v) is 3.33. The van der Waals surface area contributed by atoms with Crippen LogP contribution in [0.1, 0.15) is 11.1 Å². The van der Waals surface area contributed by atoms with Crippen LogP contribution >= 0.6 is 11.9 Å². The highest BCUT2D eigenvalue weighted by molar-refractivity contribution is 7.96. The maximum atomic E-state index is 7.20. The van der Waals surface area contributed by atoms with Crippen LogP contribution in [-0.4, -0.2) is 12.1 Å². The number of nitrogen functional groups attached to an aromatic ring is 1. The lowest BCUT2D eigenvalue weighted by Crippen LogP contribution is -2.11. The van der Waals surface area contributed by atoms with Gasteiger partial charge < -0.3 is 5.73 Å². The average molecular weight is 195 g/mol. The Morgan fingerprint density at radius 3 is 2.54 bits per heavy atom. The Morgan fingerprint density at radius 1 is 1.46 bits per heavy atom. The van der Waals surface area contributed by atoms with E-state index in [2.05, 4.69) is 4.72 Å². The lowest BCUT2D eigenvalue weighted by molar-refractivity contribution is 0.979. The summed E-state index contributed by atoms with van der Waals surface area (Å²) in [6.07, 6.45) is 1.99. The SMILES string of the molecule is CSNCc1ccc(C(=N)N)cc1. The number of hydrogen-bond acceptors (Lipinski definition) is 3. The Balaban J connectivity index is 2.64. The van der Waals surface area contributed by atoms with Crippen LogP contribution in [0.15, 0.2) is 24.3 Å². The van der Waals surface area contributed by atoms with E-state index in [1.54, 1.807) is 11.9 Å². The minimum absolute atomic E-state index is 0.115. The highest BCUT2D eigenvalue weighted by Gasteiger charge is 1.95. The minimum Gasteiger partial charge on any atom is -0.384 e. The van der Waals surface area contributed by atoms with Crippen LogP contribution in [0.4, 0.5) is 0 Å². The van der Waals surface area contributed by atoms with E-state index in [0.29, 0.717) is 0 Å². The highest BCUT2D eigenvalue weighted by atomic mass is 32.2. The van der Waals surface area contributed by atoms with Gasteiger partial charge in [-0.2, -0.15) is 0 Å². The number of nitrogens with two attached hydrogens (primary N) is 1. The van der Waals surface area contributed by atoms with E-state index in [9.17, 15) is 0 Å². The first-order chi connectivity index (χ1) is 6.24. The van der Waals surface area contributed by atoms with Crippen molar-refractivity contribution in [1.29, 1.82) is 5.41 Å². The quantitative estimate of drug-likeness (QED) is 0.386. The first-order valence-electron chi connectivity index (χ1n) is 3.93. The molecule has 4 heteroatoms. The van der Waals surface area contributed by atoms with E-state index >= 15 is 0 Å². The highest BCUT2D eigenvalue weighted by Crippen LogP contribution is 2.04. The Labute approximate surface area is 82.4 Å². The predicted octanol–water partition coefficient (Wildman–Crippen LogP) is 1.34. The first kappa shape index (κ1) is 10.1. The molecule has 0 spiro atoms. The van der Waals surface area contributed by atoms with Crippen LogP contribution in [0, 0.1) is 5.41 Å². The maximum Gasteiger partial charge on any atom is 0.122 e. The zero-order valence-corrected chi connectivity index (χ0v) is 8.32. The molecule has 0 aliphatic carbocycles. The molecular formula is C9H13N3S. The van der Waals surface area contributed by atoms with Crippen molar-refractivity contribution in [2.75, 3.05) is 6.26 Å². The van der Waals surface area contributed by atoms with Crippen molar-refractivity contribution in [3.05, 3.63) is 35.4 Å². The van der Waals surface area contributed by atoms with E-state index in [0.717, 1.165) is 12.1 Å². The van der Waals surface area contributed by atoms with Crippen molar-refractivity contribution >= 4 is 17.8 Å². The Kier molecular flexibility index (Phi) is 3.79. The van der Waals surface area contributed by atoms with Crippen molar-refractivity contribution in [3.8, 4) is 0 Å². The average Bonchev–Trinajstić information content (AvgIpc) is 2.15. The van der Waals surface area contributed by atoms with Crippen LogP contribution in [0.2, 0.25) is 0 Å². The van der Waals surface area contributed by atoms with Gasteiger partial charge in [0.2, 0.25) is 0 Å². The molecule has 13 heavy (non-hydrogen) atoms.